The van der Waals surface area contributed by atoms with Gasteiger partial charge in [-0.1, -0.05) is 45.0 Å². The number of allylic oxidation sites excluding steroid dienone is 1. The fourth-order valence-corrected chi connectivity index (χ4v) is 6.01. The number of nitrogens with zero attached hydrogens (tertiary/aromatic N) is 2. The summed E-state index contributed by atoms with van der Waals surface area (Å²) in [4.78, 5) is 44.0. The first-order valence-electron chi connectivity index (χ1n) is 14.0. The summed E-state index contributed by atoms with van der Waals surface area (Å²) in [5.41, 5.74) is 3.57. The highest BCUT2D eigenvalue weighted by atomic mass is 32.1. The van der Waals surface area contributed by atoms with Gasteiger partial charge in [-0.2, -0.15) is 0 Å². The van der Waals surface area contributed by atoms with Crippen molar-refractivity contribution in [2.75, 3.05) is 12.4 Å². The number of carbonyl (C=O) groups is 2. The molecule has 5 rings (SSSR count). The van der Waals surface area contributed by atoms with Gasteiger partial charge in [-0.15, -0.1) is 11.3 Å². The topological polar surface area (TPSA) is 121 Å². The fraction of sp³-hybridized carbons (Fsp3) is 0.303. The Bertz CT molecular complexity index is 1740. The van der Waals surface area contributed by atoms with E-state index in [2.05, 4.69) is 38.2 Å². The SMILES string of the molecule is COc1ccc([N+](=O)[O-])cc1NC(=O)C(C)OC(=O)c1c2c(nc3ccccc13)C(=Cc1cccs1)CC(C(C)(C)C)C2. The number of benzene rings is 2. The first-order chi connectivity index (χ1) is 20.5. The van der Waals surface area contributed by atoms with Crippen LogP contribution in [-0.2, 0) is 16.0 Å². The van der Waals surface area contributed by atoms with Crippen molar-refractivity contribution in [1.82, 2.24) is 4.98 Å². The molecule has 2 atom stereocenters. The lowest BCUT2D eigenvalue weighted by atomic mass is 9.69. The number of non-ortho nitro benzene ring substituents is 1. The van der Waals surface area contributed by atoms with Crippen molar-refractivity contribution >= 4 is 57.1 Å². The monoisotopic (exact) mass is 599 g/mol. The van der Waals surface area contributed by atoms with Gasteiger partial charge in [0.05, 0.1) is 34.5 Å². The van der Waals surface area contributed by atoms with Crippen molar-refractivity contribution in [3.63, 3.8) is 0 Å². The standard InChI is InChI=1S/C33H33N3O6S/c1-19(31(37)35-27-18-22(36(39)40)12-13-28(27)41-5)42-32(38)29-24-10-6-7-11-26(24)34-30-20(16-23-9-8-14-43-23)15-21(17-25(29)30)33(2,3)4/h6-14,16,18-19,21H,15,17H2,1-5H3,(H,35,37). The fourth-order valence-electron chi connectivity index (χ4n) is 5.33. The zero-order valence-electron chi connectivity index (χ0n) is 24.7. The van der Waals surface area contributed by atoms with Gasteiger partial charge in [0.15, 0.2) is 6.10 Å². The van der Waals surface area contributed by atoms with E-state index in [4.69, 9.17) is 14.5 Å². The van der Waals surface area contributed by atoms with E-state index >= 15 is 0 Å². The number of amides is 1. The third kappa shape index (κ3) is 6.29. The maximum absolute atomic E-state index is 14.0. The largest absolute Gasteiger partial charge is 0.495 e. The number of hydrogen-bond acceptors (Lipinski definition) is 8. The molecule has 0 bridgehead atoms. The van der Waals surface area contributed by atoms with Gasteiger partial charge in [-0.3, -0.25) is 14.9 Å². The highest BCUT2D eigenvalue weighted by molar-refractivity contribution is 7.10. The summed E-state index contributed by atoms with van der Waals surface area (Å²) >= 11 is 1.64. The molecule has 0 saturated heterocycles. The number of anilines is 1. The van der Waals surface area contributed by atoms with Crippen molar-refractivity contribution in [3.8, 4) is 5.75 Å². The van der Waals surface area contributed by atoms with Crippen LogP contribution in [0.4, 0.5) is 11.4 Å². The summed E-state index contributed by atoms with van der Waals surface area (Å²) in [7, 11) is 1.39. The lowest BCUT2D eigenvalue weighted by Crippen LogP contribution is -2.32. The number of ether oxygens (including phenoxy) is 2. The normalized spacial score (nSPS) is 16.4. The molecule has 0 radical (unpaired) electrons. The molecule has 0 fully saturated rings. The molecule has 0 aliphatic heterocycles. The number of para-hydroxylation sites is 1. The van der Waals surface area contributed by atoms with Gasteiger partial charge in [0.2, 0.25) is 0 Å². The maximum atomic E-state index is 14.0. The summed E-state index contributed by atoms with van der Waals surface area (Å²) in [5, 5.41) is 16.6. The molecule has 43 heavy (non-hydrogen) atoms. The highest BCUT2D eigenvalue weighted by Crippen LogP contribution is 2.45. The second-order valence-corrected chi connectivity index (χ2v) is 12.6. The summed E-state index contributed by atoms with van der Waals surface area (Å²) in [6, 6.07) is 15.4. The third-order valence-electron chi connectivity index (χ3n) is 7.81. The quantitative estimate of drug-likeness (QED) is 0.132. The van der Waals surface area contributed by atoms with Gasteiger partial charge in [-0.05, 0) is 71.9 Å². The highest BCUT2D eigenvalue weighted by Gasteiger charge is 2.36. The van der Waals surface area contributed by atoms with Crippen LogP contribution in [0.2, 0.25) is 0 Å². The average Bonchev–Trinajstić information content (AvgIpc) is 3.48. The molecule has 9 nitrogen and oxygen atoms in total. The summed E-state index contributed by atoms with van der Waals surface area (Å²) in [6.45, 7) is 8.07. The van der Waals surface area contributed by atoms with Gasteiger partial charge in [0, 0.05) is 22.4 Å². The first kappa shape index (κ1) is 29.9. The Balaban J connectivity index is 1.53. The third-order valence-corrected chi connectivity index (χ3v) is 8.63. The van der Waals surface area contributed by atoms with Crippen LogP contribution < -0.4 is 10.1 Å². The average molecular weight is 600 g/mol. The van der Waals surface area contributed by atoms with Crippen molar-refractivity contribution in [2.24, 2.45) is 11.3 Å². The molecule has 0 spiro atoms. The summed E-state index contributed by atoms with van der Waals surface area (Å²) in [6.07, 6.45) is 2.40. The summed E-state index contributed by atoms with van der Waals surface area (Å²) in [5.74, 6) is -0.800. The number of fused-ring (bicyclic) bond motifs is 2. The van der Waals surface area contributed by atoms with Crippen LogP contribution >= 0.6 is 11.3 Å². The van der Waals surface area contributed by atoms with Crippen LogP contribution in [0, 0.1) is 21.4 Å². The zero-order chi connectivity index (χ0) is 30.9. The molecule has 2 unspecified atom stereocenters. The van der Waals surface area contributed by atoms with E-state index in [-0.39, 0.29) is 28.5 Å². The van der Waals surface area contributed by atoms with E-state index in [1.807, 2.05) is 35.7 Å². The van der Waals surface area contributed by atoms with E-state index in [0.29, 0.717) is 22.9 Å². The molecule has 2 aromatic heterocycles. The Labute approximate surface area is 253 Å². The minimum absolute atomic E-state index is 0.0381. The number of nitro groups is 1. The van der Waals surface area contributed by atoms with Crippen LogP contribution in [0.1, 0.15) is 60.6 Å². The van der Waals surface area contributed by atoms with Crippen LogP contribution in [0.5, 0.6) is 5.75 Å². The molecule has 2 heterocycles. The minimum atomic E-state index is -1.21. The lowest BCUT2D eigenvalue weighted by molar-refractivity contribution is -0.384. The molecule has 1 N–H and O–H groups in total. The lowest BCUT2D eigenvalue weighted by Gasteiger charge is -2.36. The predicted molar refractivity (Wildman–Crippen MR) is 168 cm³/mol. The number of hydrogen-bond donors (Lipinski definition) is 1. The molecule has 2 aromatic carbocycles. The van der Waals surface area contributed by atoms with Crippen molar-refractivity contribution < 1.29 is 24.0 Å². The smallest absolute Gasteiger partial charge is 0.339 e. The van der Waals surface area contributed by atoms with Gasteiger partial charge in [0.25, 0.3) is 11.6 Å². The van der Waals surface area contributed by atoms with E-state index in [1.165, 1.54) is 32.2 Å². The van der Waals surface area contributed by atoms with Crippen LogP contribution in [0.15, 0.2) is 60.0 Å². The molecule has 1 aliphatic carbocycles. The molecular weight excluding hydrogens is 566 g/mol. The van der Waals surface area contributed by atoms with E-state index in [9.17, 15) is 19.7 Å². The number of thiophene rings is 1. The van der Waals surface area contributed by atoms with E-state index in [0.717, 1.165) is 28.1 Å². The van der Waals surface area contributed by atoms with Crippen molar-refractivity contribution in [3.05, 3.63) is 91.8 Å². The van der Waals surface area contributed by atoms with E-state index < -0.39 is 22.9 Å². The van der Waals surface area contributed by atoms with Crippen molar-refractivity contribution in [1.29, 1.82) is 0 Å². The predicted octanol–water partition coefficient (Wildman–Crippen LogP) is 7.55. The minimum Gasteiger partial charge on any atom is -0.495 e. The number of esters is 1. The Morgan fingerprint density at radius 2 is 1.91 bits per heavy atom. The molecule has 4 aromatic rings. The number of carbonyl (C=O) groups excluding carboxylic acids is 2. The second kappa shape index (κ2) is 12.0. The Morgan fingerprint density at radius 1 is 1.14 bits per heavy atom. The summed E-state index contributed by atoms with van der Waals surface area (Å²) < 4.78 is 11.0. The number of rotatable bonds is 7. The Hall–Kier alpha value is -4.57. The number of nitro benzene ring substituents is 1. The number of methoxy groups -OCH3 is 1. The maximum Gasteiger partial charge on any atom is 0.339 e. The first-order valence-corrected chi connectivity index (χ1v) is 14.8. The van der Waals surface area contributed by atoms with Gasteiger partial charge < -0.3 is 14.8 Å². The molecule has 1 aliphatic rings. The van der Waals surface area contributed by atoms with Crippen LogP contribution in [-0.4, -0.2) is 35.0 Å². The van der Waals surface area contributed by atoms with Gasteiger partial charge in [-0.25, -0.2) is 9.78 Å². The number of nitrogens with one attached hydrogen (secondary N) is 1. The molecule has 0 saturated carbocycles. The van der Waals surface area contributed by atoms with Crippen LogP contribution in [0.3, 0.4) is 0 Å². The molecule has 1 amide bonds. The number of pyridine rings is 1. The van der Waals surface area contributed by atoms with E-state index in [1.54, 1.807) is 11.3 Å². The van der Waals surface area contributed by atoms with Crippen molar-refractivity contribution in [2.45, 2.75) is 46.6 Å². The Morgan fingerprint density at radius 3 is 2.58 bits per heavy atom. The zero-order valence-corrected chi connectivity index (χ0v) is 25.5. The molecular formula is C33H33N3O6S. The second-order valence-electron chi connectivity index (χ2n) is 11.7. The number of aromatic nitrogens is 1. The van der Waals surface area contributed by atoms with Gasteiger partial charge in [0.1, 0.15) is 5.75 Å². The van der Waals surface area contributed by atoms with Gasteiger partial charge >= 0.3 is 5.97 Å². The molecule has 222 valence electrons. The van der Waals surface area contributed by atoms with Crippen LogP contribution in [0.25, 0.3) is 22.6 Å². The molecule has 10 heteroatoms. The Kier molecular flexibility index (Phi) is 8.32.